The number of nitrogens with zero attached hydrogens (tertiary/aromatic N) is 1. The molecule has 2 fully saturated rings. The first kappa shape index (κ1) is 15.1. The molecule has 0 bridgehead atoms. The molecule has 1 aliphatic carbocycles. The van der Waals surface area contributed by atoms with Gasteiger partial charge in [-0.15, -0.1) is 0 Å². The van der Waals surface area contributed by atoms with Crippen LogP contribution in [0.2, 0.25) is 5.02 Å². The van der Waals surface area contributed by atoms with Crippen molar-refractivity contribution in [1.29, 1.82) is 0 Å². The number of halogens is 2. The maximum atomic E-state index is 13.3. The molecule has 1 aromatic rings. The van der Waals surface area contributed by atoms with E-state index in [4.69, 9.17) is 11.6 Å². The largest absolute Gasteiger partial charge is 0.364 e. The summed E-state index contributed by atoms with van der Waals surface area (Å²) < 4.78 is 13.3. The Bertz CT molecular complexity index is 500. The molecule has 1 saturated carbocycles. The molecule has 0 radical (unpaired) electrons. The summed E-state index contributed by atoms with van der Waals surface area (Å²) in [6.07, 6.45) is 7.48. The zero-order valence-electron chi connectivity index (χ0n) is 12.7. The number of benzene rings is 1. The SMILES string of the molecule is CCC1CNC2(CCCCC2)CN1c1ccc(F)cc1Cl. The van der Waals surface area contributed by atoms with Gasteiger partial charge in [0, 0.05) is 24.7 Å². The zero-order chi connectivity index (χ0) is 14.9. The fourth-order valence-electron chi connectivity index (χ4n) is 3.88. The van der Waals surface area contributed by atoms with Crippen LogP contribution in [0.4, 0.5) is 10.1 Å². The maximum absolute atomic E-state index is 13.3. The van der Waals surface area contributed by atoms with Crippen LogP contribution in [0.1, 0.15) is 45.4 Å². The van der Waals surface area contributed by atoms with E-state index in [0.29, 0.717) is 11.1 Å². The smallest absolute Gasteiger partial charge is 0.124 e. The molecule has 1 N–H and O–H groups in total. The second-order valence-electron chi connectivity index (χ2n) is 6.51. The summed E-state index contributed by atoms with van der Waals surface area (Å²) in [5.41, 5.74) is 1.21. The maximum Gasteiger partial charge on any atom is 0.124 e. The highest BCUT2D eigenvalue weighted by atomic mass is 35.5. The van der Waals surface area contributed by atoms with Crippen LogP contribution in [0, 0.1) is 5.82 Å². The van der Waals surface area contributed by atoms with Gasteiger partial charge in [-0.25, -0.2) is 4.39 Å². The van der Waals surface area contributed by atoms with E-state index < -0.39 is 0 Å². The van der Waals surface area contributed by atoms with Gasteiger partial charge in [0.1, 0.15) is 5.82 Å². The number of piperazine rings is 1. The van der Waals surface area contributed by atoms with Crippen molar-refractivity contribution >= 4 is 17.3 Å². The first-order valence-electron chi connectivity index (χ1n) is 8.10. The van der Waals surface area contributed by atoms with Crippen LogP contribution >= 0.6 is 11.6 Å². The van der Waals surface area contributed by atoms with Gasteiger partial charge in [0.25, 0.3) is 0 Å². The lowest BCUT2D eigenvalue weighted by molar-refractivity contribution is 0.196. The van der Waals surface area contributed by atoms with Crippen molar-refractivity contribution in [3.05, 3.63) is 29.0 Å². The third-order valence-electron chi connectivity index (χ3n) is 5.13. The Balaban J connectivity index is 1.88. The molecule has 116 valence electrons. The topological polar surface area (TPSA) is 15.3 Å². The van der Waals surface area contributed by atoms with Crippen molar-refractivity contribution in [1.82, 2.24) is 5.32 Å². The van der Waals surface area contributed by atoms with Gasteiger partial charge in [-0.1, -0.05) is 37.8 Å². The third kappa shape index (κ3) is 3.04. The predicted molar refractivity (Wildman–Crippen MR) is 86.7 cm³/mol. The van der Waals surface area contributed by atoms with Crippen LogP contribution in [0.5, 0.6) is 0 Å². The van der Waals surface area contributed by atoms with Crippen LogP contribution < -0.4 is 10.2 Å². The van der Waals surface area contributed by atoms with Gasteiger partial charge in [-0.05, 0) is 37.5 Å². The lowest BCUT2D eigenvalue weighted by Gasteiger charge is -2.50. The highest BCUT2D eigenvalue weighted by molar-refractivity contribution is 6.33. The monoisotopic (exact) mass is 310 g/mol. The molecule has 2 aliphatic rings. The van der Waals surface area contributed by atoms with E-state index in [1.54, 1.807) is 0 Å². The van der Waals surface area contributed by atoms with Gasteiger partial charge in [0.15, 0.2) is 0 Å². The van der Waals surface area contributed by atoms with Crippen molar-refractivity contribution in [2.45, 2.75) is 57.0 Å². The normalized spacial score (nSPS) is 25.3. The van der Waals surface area contributed by atoms with Crippen molar-refractivity contribution in [3.8, 4) is 0 Å². The molecule has 1 unspecified atom stereocenters. The van der Waals surface area contributed by atoms with Gasteiger partial charge in [-0.3, -0.25) is 0 Å². The number of hydrogen-bond donors (Lipinski definition) is 1. The molecular formula is C17H24ClFN2. The minimum Gasteiger partial charge on any atom is -0.364 e. The molecule has 1 aromatic carbocycles. The standard InChI is InChI=1S/C17H24ClFN2/c1-2-14-11-20-17(8-4-3-5-9-17)12-21(14)16-7-6-13(19)10-15(16)18/h6-7,10,14,20H,2-5,8-9,11-12H2,1H3. The van der Waals surface area contributed by atoms with Crippen molar-refractivity contribution in [3.63, 3.8) is 0 Å². The third-order valence-corrected chi connectivity index (χ3v) is 5.43. The Hall–Kier alpha value is -0.800. The number of anilines is 1. The molecule has 0 amide bonds. The molecular weight excluding hydrogens is 287 g/mol. The van der Waals surface area contributed by atoms with Crippen LogP contribution in [0.25, 0.3) is 0 Å². The van der Waals surface area contributed by atoms with E-state index >= 15 is 0 Å². The summed E-state index contributed by atoms with van der Waals surface area (Å²) in [5, 5.41) is 4.34. The fourth-order valence-corrected chi connectivity index (χ4v) is 4.16. The Labute approximate surface area is 131 Å². The van der Waals surface area contributed by atoms with Crippen LogP contribution in [-0.4, -0.2) is 24.7 Å². The summed E-state index contributed by atoms with van der Waals surface area (Å²) in [4.78, 5) is 2.41. The minimum atomic E-state index is -0.265. The molecule has 4 heteroatoms. The predicted octanol–water partition coefficient (Wildman–Crippen LogP) is 4.37. The van der Waals surface area contributed by atoms with E-state index in [1.807, 2.05) is 6.07 Å². The average molecular weight is 311 g/mol. The van der Waals surface area contributed by atoms with Gasteiger partial charge in [-0.2, -0.15) is 0 Å². The van der Waals surface area contributed by atoms with E-state index in [-0.39, 0.29) is 11.4 Å². The average Bonchev–Trinajstić information content (AvgIpc) is 2.48. The molecule has 1 spiro atoms. The summed E-state index contributed by atoms with van der Waals surface area (Å²) in [7, 11) is 0. The highest BCUT2D eigenvalue weighted by Gasteiger charge is 2.39. The highest BCUT2D eigenvalue weighted by Crippen LogP contribution is 2.37. The lowest BCUT2D eigenvalue weighted by atomic mass is 9.79. The molecule has 1 atom stereocenters. The molecule has 3 rings (SSSR count). The first-order valence-corrected chi connectivity index (χ1v) is 8.48. The van der Waals surface area contributed by atoms with Crippen molar-refractivity contribution < 1.29 is 4.39 Å². The summed E-state index contributed by atoms with van der Waals surface area (Å²) in [5.74, 6) is -0.265. The van der Waals surface area contributed by atoms with Crippen LogP contribution in [-0.2, 0) is 0 Å². The number of rotatable bonds is 2. The molecule has 0 aromatic heterocycles. The first-order chi connectivity index (χ1) is 10.1. The van der Waals surface area contributed by atoms with Crippen LogP contribution in [0.15, 0.2) is 18.2 Å². The Morgan fingerprint density at radius 1 is 1.33 bits per heavy atom. The summed E-state index contributed by atoms with van der Waals surface area (Å²) in [6, 6.07) is 5.21. The second-order valence-corrected chi connectivity index (χ2v) is 6.91. The summed E-state index contributed by atoms with van der Waals surface area (Å²) >= 11 is 6.31. The second kappa shape index (κ2) is 6.13. The molecule has 1 heterocycles. The van der Waals surface area contributed by atoms with Crippen molar-refractivity contribution in [2.24, 2.45) is 0 Å². The molecule has 21 heavy (non-hydrogen) atoms. The summed E-state index contributed by atoms with van der Waals surface area (Å²) in [6.45, 7) is 4.18. The van der Waals surface area contributed by atoms with Gasteiger partial charge >= 0.3 is 0 Å². The van der Waals surface area contributed by atoms with E-state index in [0.717, 1.165) is 25.2 Å². The van der Waals surface area contributed by atoms with Gasteiger partial charge in [0.05, 0.1) is 10.7 Å². The molecule has 2 nitrogen and oxygen atoms in total. The lowest BCUT2D eigenvalue weighted by Crippen LogP contribution is -2.65. The number of nitrogens with one attached hydrogen (secondary N) is 1. The van der Waals surface area contributed by atoms with E-state index in [9.17, 15) is 4.39 Å². The van der Waals surface area contributed by atoms with E-state index in [2.05, 4.69) is 17.1 Å². The fraction of sp³-hybridized carbons (Fsp3) is 0.647. The van der Waals surface area contributed by atoms with Gasteiger partial charge in [0.2, 0.25) is 0 Å². The quantitative estimate of drug-likeness (QED) is 0.872. The zero-order valence-corrected chi connectivity index (χ0v) is 13.4. The molecule has 1 saturated heterocycles. The Morgan fingerprint density at radius 2 is 2.10 bits per heavy atom. The minimum absolute atomic E-state index is 0.224. The van der Waals surface area contributed by atoms with Crippen molar-refractivity contribution in [2.75, 3.05) is 18.0 Å². The van der Waals surface area contributed by atoms with Crippen LogP contribution in [0.3, 0.4) is 0 Å². The van der Waals surface area contributed by atoms with Gasteiger partial charge < -0.3 is 10.2 Å². The molecule has 1 aliphatic heterocycles. The Kier molecular flexibility index (Phi) is 4.41. The Morgan fingerprint density at radius 3 is 2.76 bits per heavy atom. The number of hydrogen-bond acceptors (Lipinski definition) is 2. The van der Waals surface area contributed by atoms with E-state index in [1.165, 1.54) is 44.2 Å².